The number of amides is 1. The van der Waals surface area contributed by atoms with Gasteiger partial charge in [0.25, 0.3) is 5.91 Å². The van der Waals surface area contributed by atoms with Gasteiger partial charge in [-0.05, 0) is 18.2 Å². The molecule has 1 amide bonds. The van der Waals surface area contributed by atoms with Crippen molar-refractivity contribution in [1.29, 1.82) is 0 Å². The molecular formula is C19H20ClNO8S. The molecule has 9 nitrogen and oxygen atoms in total. The second-order valence-electron chi connectivity index (χ2n) is 5.95. The Morgan fingerprint density at radius 3 is 2.10 bits per heavy atom. The molecule has 2 rings (SSSR count). The molecule has 1 N–H and O–H groups in total. The lowest BCUT2D eigenvalue weighted by atomic mass is 10.2. The van der Waals surface area contributed by atoms with Crippen LogP contribution in [0.25, 0.3) is 0 Å². The van der Waals surface area contributed by atoms with Gasteiger partial charge in [-0.2, -0.15) is 0 Å². The molecule has 0 radical (unpaired) electrons. The Kier molecular flexibility index (Phi) is 7.52. The van der Waals surface area contributed by atoms with Crippen LogP contribution in [-0.4, -0.2) is 54.5 Å². The van der Waals surface area contributed by atoms with Crippen molar-refractivity contribution in [1.82, 2.24) is 0 Å². The molecule has 0 aliphatic rings. The molecule has 162 valence electrons. The van der Waals surface area contributed by atoms with E-state index in [0.717, 1.165) is 12.3 Å². The van der Waals surface area contributed by atoms with Crippen LogP contribution in [0.4, 0.5) is 5.69 Å². The summed E-state index contributed by atoms with van der Waals surface area (Å²) in [6.45, 7) is -0.630. The third-order valence-electron chi connectivity index (χ3n) is 3.87. The maximum absolute atomic E-state index is 12.2. The van der Waals surface area contributed by atoms with Gasteiger partial charge >= 0.3 is 5.97 Å². The number of halogens is 1. The zero-order valence-corrected chi connectivity index (χ0v) is 18.2. The topological polar surface area (TPSA) is 117 Å². The lowest BCUT2D eigenvalue weighted by Crippen LogP contribution is -2.21. The summed E-state index contributed by atoms with van der Waals surface area (Å²) in [5.41, 5.74) is 0.155. The van der Waals surface area contributed by atoms with Crippen LogP contribution in [0.3, 0.4) is 0 Å². The molecule has 0 fully saturated rings. The second-order valence-corrected chi connectivity index (χ2v) is 8.38. The number of nitrogens with one attached hydrogen (secondary N) is 1. The van der Waals surface area contributed by atoms with Crippen molar-refractivity contribution in [2.45, 2.75) is 4.90 Å². The van der Waals surface area contributed by atoms with Gasteiger partial charge in [0.2, 0.25) is 5.75 Å². The van der Waals surface area contributed by atoms with Crippen molar-refractivity contribution >= 4 is 39.0 Å². The minimum atomic E-state index is -3.55. The van der Waals surface area contributed by atoms with Crippen LogP contribution in [-0.2, 0) is 19.4 Å². The number of rotatable bonds is 8. The fraction of sp³-hybridized carbons (Fsp3) is 0.263. The summed E-state index contributed by atoms with van der Waals surface area (Å²) < 4.78 is 43.9. The molecule has 0 aliphatic heterocycles. The van der Waals surface area contributed by atoms with E-state index in [1.807, 2.05) is 0 Å². The lowest BCUT2D eigenvalue weighted by Gasteiger charge is -2.14. The second kappa shape index (κ2) is 9.68. The van der Waals surface area contributed by atoms with Gasteiger partial charge in [0.05, 0.1) is 36.8 Å². The standard InChI is InChI=1S/C19H20ClNO8S/c1-26-15-7-11(8-16(27-2)18(15)28-3)21-17(22)10-29-19(23)13-9-12(30(4,24)25)5-6-14(13)20/h5-9H,10H2,1-4H3,(H,21,22). The molecule has 0 atom stereocenters. The first-order valence-electron chi connectivity index (χ1n) is 8.37. The summed E-state index contributed by atoms with van der Waals surface area (Å²) in [5, 5.41) is 2.54. The molecule has 11 heteroatoms. The predicted octanol–water partition coefficient (Wildman–Crippen LogP) is 2.56. The van der Waals surface area contributed by atoms with Crippen LogP contribution in [0.5, 0.6) is 17.2 Å². The minimum Gasteiger partial charge on any atom is -0.493 e. The van der Waals surface area contributed by atoms with Gasteiger partial charge < -0.3 is 24.3 Å². The number of hydrogen-bond donors (Lipinski definition) is 1. The molecule has 2 aromatic carbocycles. The van der Waals surface area contributed by atoms with Gasteiger partial charge in [-0.25, -0.2) is 13.2 Å². The average molecular weight is 458 g/mol. The highest BCUT2D eigenvalue weighted by Crippen LogP contribution is 2.39. The van der Waals surface area contributed by atoms with E-state index < -0.39 is 28.3 Å². The van der Waals surface area contributed by atoms with Crippen molar-refractivity contribution in [2.24, 2.45) is 0 Å². The van der Waals surface area contributed by atoms with Gasteiger partial charge in [0.1, 0.15) is 0 Å². The number of methoxy groups -OCH3 is 3. The van der Waals surface area contributed by atoms with Crippen LogP contribution in [0.2, 0.25) is 5.02 Å². The molecule has 0 spiro atoms. The van der Waals surface area contributed by atoms with E-state index in [2.05, 4.69) is 5.32 Å². The average Bonchev–Trinajstić information content (AvgIpc) is 2.70. The smallest absolute Gasteiger partial charge is 0.340 e. The lowest BCUT2D eigenvalue weighted by molar-refractivity contribution is -0.119. The molecule has 0 unspecified atom stereocenters. The summed E-state index contributed by atoms with van der Waals surface area (Å²) in [6.07, 6.45) is 0.996. The molecule has 0 saturated heterocycles. The van der Waals surface area contributed by atoms with Crippen molar-refractivity contribution in [2.75, 3.05) is 39.5 Å². The number of sulfone groups is 1. The third kappa shape index (κ3) is 5.55. The summed E-state index contributed by atoms with van der Waals surface area (Å²) in [7, 11) is 0.759. The SMILES string of the molecule is COc1cc(NC(=O)COC(=O)c2cc(S(C)(=O)=O)ccc2Cl)cc(OC)c1OC. The highest BCUT2D eigenvalue weighted by molar-refractivity contribution is 7.90. The minimum absolute atomic E-state index is 0.00237. The highest BCUT2D eigenvalue weighted by Gasteiger charge is 2.19. The van der Waals surface area contributed by atoms with E-state index in [-0.39, 0.29) is 15.5 Å². The van der Waals surface area contributed by atoms with Gasteiger partial charge in [0.15, 0.2) is 27.9 Å². The maximum atomic E-state index is 12.2. The van der Waals surface area contributed by atoms with Gasteiger partial charge in [-0.1, -0.05) is 11.6 Å². The number of carbonyl (C=O) groups excluding carboxylic acids is 2. The van der Waals surface area contributed by atoms with Crippen molar-refractivity contribution in [3.05, 3.63) is 40.9 Å². The quantitative estimate of drug-likeness (QED) is 0.601. The van der Waals surface area contributed by atoms with Crippen LogP contribution in [0.1, 0.15) is 10.4 Å². The highest BCUT2D eigenvalue weighted by atomic mass is 35.5. The summed E-state index contributed by atoms with van der Waals surface area (Å²) in [4.78, 5) is 24.3. The molecule has 30 heavy (non-hydrogen) atoms. The van der Waals surface area contributed by atoms with Crippen molar-refractivity contribution in [3.8, 4) is 17.2 Å². The summed E-state index contributed by atoms with van der Waals surface area (Å²) in [6, 6.07) is 6.65. The Morgan fingerprint density at radius 2 is 1.60 bits per heavy atom. The Hall–Kier alpha value is -2.98. The first-order valence-corrected chi connectivity index (χ1v) is 10.6. The Labute approximate surface area is 178 Å². The first kappa shape index (κ1) is 23.3. The maximum Gasteiger partial charge on any atom is 0.340 e. The molecule has 2 aromatic rings. The van der Waals surface area contributed by atoms with Crippen molar-refractivity contribution in [3.63, 3.8) is 0 Å². The van der Waals surface area contributed by atoms with Crippen LogP contribution in [0.15, 0.2) is 35.2 Å². The first-order chi connectivity index (χ1) is 14.1. The Bertz CT molecular complexity index is 1040. The summed E-state index contributed by atoms with van der Waals surface area (Å²) >= 11 is 5.95. The molecule has 0 aromatic heterocycles. The van der Waals surface area contributed by atoms with E-state index in [9.17, 15) is 18.0 Å². The summed E-state index contributed by atoms with van der Waals surface area (Å²) in [5.74, 6) is -0.578. The van der Waals surface area contributed by atoms with Crippen LogP contribution >= 0.6 is 11.6 Å². The number of hydrogen-bond acceptors (Lipinski definition) is 8. The fourth-order valence-corrected chi connectivity index (χ4v) is 3.29. The molecule has 0 saturated carbocycles. The third-order valence-corrected chi connectivity index (χ3v) is 5.31. The molecule has 0 bridgehead atoms. The monoisotopic (exact) mass is 457 g/mol. The largest absolute Gasteiger partial charge is 0.493 e. The molecule has 0 heterocycles. The zero-order valence-electron chi connectivity index (χ0n) is 16.6. The normalized spacial score (nSPS) is 10.8. The van der Waals surface area contributed by atoms with Crippen LogP contribution < -0.4 is 19.5 Å². The number of ether oxygens (including phenoxy) is 4. The van der Waals surface area contributed by atoms with E-state index in [1.165, 1.54) is 45.6 Å². The fourth-order valence-electron chi connectivity index (χ4n) is 2.45. The van der Waals surface area contributed by atoms with E-state index in [1.54, 1.807) is 0 Å². The van der Waals surface area contributed by atoms with Gasteiger partial charge in [-0.3, -0.25) is 4.79 Å². The van der Waals surface area contributed by atoms with E-state index in [0.29, 0.717) is 22.9 Å². The molecular weight excluding hydrogens is 438 g/mol. The zero-order chi connectivity index (χ0) is 22.5. The molecule has 0 aliphatic carbocycles. The van der Waals surface area contributed by atoms with Crippen molar-refractivity contribution < 1.29 is 37.0 Å². The predicted molar refractivity (Wildman–Crippen MR) is 110 cm³/mol. The number of benzene rings is 2. The number of esters is 1. The Morgan fingerprint density at radius 1 is 1.00 bits per heavy atom. The van der Waals surface area contributed by atoms with E-state index >= 15 is 0 Å². The van der Waals surface area contributed by atoms with Gasteiger partial charge in [-0.15, -0.1) is 0 Å². The van der Waals surface area contributed by atoms with E-state index in [4.69, 9.17) is 30.5 Å². The Balaban J connectivity index is 2.11. The van der Waals surface area contributed by atoms with Gasteiger partial charge in [0, 0.05) is 24.1 Å². The van der Waals surface area contributed by atoms with Crippen LogP contribution in [0, 0.1) is 0 Å². The number of carbonyl (C=O) groups is 2. The number of anilines is 1.